The van der Waals surface area contributed by atoms with Gasteiger partial charge in [0, 0.05) is 36.9 Å². The highest BCUT2D eigenvalue weighted by Gasteiger charge is 2.29. The Kier molecular flexibility index (Phi) is 8.49. The number of methoxy groups -OCH3 is 1. The second-order valence-electron chi connectivity index (χ2n) is 7.30. The highest BCUT2D eigenvalue weighted by molar-refractivity contribution is 7.98. The lowest BCUT2D eigenvalue weighted by atomic mass is 10.1. The summed E-state index contributed by atoms with van der Waals surface area (Å²) < 4.78 is 5.29. The molecule has 1 atom stereocenters. The van der Waals surface area contributed by atoms with E-state index in [1.54, 1.807) is 30.0 Å². The molecule has 1 unspecified atom stereocenters. The van der Waals surface area contributed by atoms with E-state index in [9.17, 15) is 9.59 Å². The van der Waals surface area contributed by atoms with Crippen molar-refractivity contribution in [3.05, 3.63) is 59.1 Å². The summed E-state index contributed by atoms with van der Waals surface area (Å²) in [5.74, 6) is 0.939. The van der Waals surface area contributed by atoms with Crippen LogP contribution >= 0.6 is 23.4 Å². The first-order valence-electron chi connectivity index (χ1n) is 10.3. The number of carbonyl (C=O) groups is 2. The number of hydrogen-bond acceptors (Lipinski definition) is 5. The fourth-order valence-electron chi connectivity index (χ4n) is 3.64. The van der Waals surface area contributed by atoms with Crippen molar-refractivity contribution in [2.75, 3.05) is 50.2 Å². The average molecular weight is 462 g/mol. The molecule has 0 aliphatic carbocycles. The zero-order valence-electron chi connectivity index (χ0n) is 17.8. The average Bonchev–Trinajstić information content (AvgIpc) is 2.81. The molecule has 3 rings (SSSR count). The van der Waals surface area contributed by atoms with E-state index in [0.717, 1.165) is 24.5 Å². The van der Waals surface area contributed by atoms with E-state index in [4.69, 9.17) is 16.3 Å². The van der Waals surface area contributed by atoms with Crippen molar-refractivity contribution >= 4 is 40.9 Å². The van der Waals surface area contributed by atoms with Crippen LogP contribution in [0, 0.1) is 0 Å². The SMILES string of the molecule is COc1ccccc1C(=O)NC(CCSC)C(=O)N1CCN(c2cccc(Cl)c2)CC1. The van der Waals surface area contributed by atoms with Gasteiger partial charge in [0.25, 0.3) is 5.91 Å². The van der Waals surface area contributed by atoms with E-state index in [1.165, 1.54) is 7.11 Å². The van der Waals surface area contributed by atoms with Gasteiger partial charge in [0.1, 0.15) is 11.8 Å². The summed E-state index contributed by atoms with van der Waals surface area (Å²) in [7, 11) is 1.53. The number of benzene rings is 2. The summed E-state index contributed by atoms with van der Waals surface area (Å²) in [6, 6.07) is 14.2. The Bertz CT molecular complexity index is 903. The number of nitrogens with zero attached hydrogens (tertiary/aromatic N) is 2. The first kappa shape index (κ1) is 23.3. The zero-order valence-corrected chi connectivity index (χ0v) is 19.4. The Balaban J connectivity index is 1.65. The molecule has 2 amide bonds. The molecule has 1 fully saturated rings. The van der Waals surface area contributed by atoms with Gasteiger partial charge in [-0.3, -0.25) is 9.59 Å². The molecule has 0 saturated carbocycles. The molecule has 8 heteroatoms. The van der Waals surface area contributed by atoms with Crippen molar-refractivity contribution in [2.24, 2.45) is 0 Å². The van der Waals surface area contributed by atoms with Crippen LogP contribution in [0.15, 0.2) is 48.5 Å². The number of thioether (sulfide) groups is 1. The van der Waals surface area contributed by atoms with Crippen LogP contribution < -0.4 is 15.0 Å². The highest BCUT2D eigenvalue weighted by atomic mass is 35.5. The van der Waals surface area contributed by atoms with Crippen molar-refractivity contribution in [2.45, 2.75) is 12.5 Å². The Morgan fingerprint density at radius 2 is 1.87 bits per heavy atom. The maximum absolute atomic E-state index is 13.3. The number of anilines is 1. The molecular weight excluding hydrogens is 434 g/mol. The second-order valence-corrected chi connectivity index (χ2v) is 8.72. The van der Waals surface area contributed by atoms with Crippen molar-refractivity contribution in [1.82, 2.24) is 10.2 Å². The van der Waals surface area contributed by atoms with Crippen molar-refractivity contribution in [3.8, 4) is 5.75 Å². The summed E-state index contributed by atoms with van der Waals surface area (Å²) in [4.78, 5) is 30.2. The smallest absolute Gasteiger partial charge is 0.255 e. The van der Waals surface area contributed by atoms with E-state index in [0.29, 0.717) is 35.8 Å². The number of hydrogen-bond donors (Lipinski definition) is 1. The van der Waals surface area contributed by atoms with Gasteiger partial charge >= 0.3 is 0 Å². The molecule has 0 bridgehead atoms. The third kappa shape index (κ3) is 6.08. The van der Waals surface area contributed by atoms with Crippen LogP contribution in [-0.4, -0.2) is 68.1 Å². The molecule has 1 N–H and O–H groups in total. The summed E-state index contributed by atoms with van der Waals surface area (Å²) in [5.41, 5.74) is 1.49. The molecule has 0 aromatic heterocycles. The van der Waals surface area contributed by atoms with Crippen molar-refractivity contribution in [3.63, 3.8) is 0 Å². The van der Waals surface area contributed by atoms with E-state index in [1.807, 2.05) is 41.5 Å². The third-order valence-electron chi connectivity index (χ3n) is 5.33. The predicted molar refractivity (Wildman–Crippen MR) is 127 cm³/mol. The Labute approximate surface area is 192 Å². The lowest BCUT2D eigenvalue weighted by Crippen LogP contribution is -2.55. The van der Waals surface area contributed by atoms with Crippen LogP contribution in [0.3, 0.4) is 0 Å². The number of piperazine rings is 1. The lowest BCUT2D eigenvalue weighted by Gasteiger charge is -2.37. The van der Waals surface area contributed by atoms with Crippen LogP contribution in [0.1, 0.15) is 16.8 Å². The molecule has 2 aromatic carbocycles. The summed E-state index contributed by atoms with van der Waals surface area (Å²) in [5, 5.41) is 3.64. The second kappa shape index (κ2) is 11.3. The molecule has 2 aromatic rings. The summed E-state index contributed by atoms with van der Waals surface area (Å²) in [6.07, 6.45) is 2.57. The molecule has 166 valence electrons. The molecule has 1 heterocycles. The van der Waals surface area contributed by atoms with E-state index in [2.05, 4.69) is 10.2 Å². The number of halogens is 1. The van der Waals surface area contributed by atoms with Gasteiger partial charge in [-0.15, -0.1) is 0 Å². The van der Waals surface area contributed by atoms with Crippen molar-refractivity contribution < 1.29 is 14.3 Å². The van der Waals surface area contributed by atoms with E-state index in [-0.39, 0.29) is 11.8 Å². The summed E-state index contributed by atoms with van der Waals surface area (Å²) in [6.45, 7) is 2.65. The van der Waals surface area contributed by atoms with Gasteiger partial charge in [-0.05, 0) is 48.8 Å². The highest BCUT2D eigenvalue weighted by Crippen LogP contribution is 2.22. The summed E-state index contributed by atoms with van der Waals surface area (Å²) >= 11 is 7.77. The van der Waals surface area contributed by atoms with E-state index >= 15 is 0 Å². The number of ether oxygens (including phenoxy) is 1. The molecular formula is C23H28ClN3O3S. The molecule has 0 radical (unpaired) electrons. The standard InChI is InChI=1S/C23H28ClN3O3S/c1-30-21-9-4-3-8-19(21)22(28)25-20(10-15-31-2)23(29)27-13-11-26(12-14-27)18-7-5-6-17(24)16-18/h3-9,16,20H,10-15H2,1-2H3,(H,25,28). The van der Waals surface area contributed by atoms with Gasteiger partial charge in [-0.25, -0.2) is 0 Å². The van der Waals surface area contributed by atoms with Crippen molar-refractivity contribution in [1.29, 1.82) is 0 Å². The Hall–Kier alpha value is -2.38. The van der Waals surface area contributed by atoms with Crippen LogP contribution in [0.5, 0.6) is 5.75 Å². The first-order chi connectivity index (χ1) is 15.0. The Morgan fingerprint density at radius 1 is 1.13 bits per heavy atom. The number of carbonyl (C=O) groups excluding carboxylic acids is 2. The van der Waals surface area contributed by atoms with Gasteiger partial charge in [-0.1, -0.05) is 29.8 Å². The fourth-order valence-corrected chi connectivity index (χ4v) is 4.30. The maximum Gasteiger partial charge on any atom is 0.255 e. The molecule has 1 aliphatic rings. The molecule has 1 aliphatic heterocycles. The van der Waals surface area contributed by atoms with Gasteiger partial charge in [0.15, 0.2) is 0 Å². The largest absolute Gasteiger partial charge is 0.496 e. The molecule has 1 saturated heterocycles. The number of nitrogens with one attached hydrogen (secondary N) is 1. The maximum atomic E-state index is 13.3. The van der Waals surface area contributed by atoms with Crippen LogP contribution in [0.4, 0.5) is 5.69 Å². The van der Waals surface area contributed by atoms with Gasteiger partial charge in [0.05, 0.1) is 12.7 Å². The quantitative estimate of drug-likeness (QED) is 0.651. The lowest BCUT2D eigenvalue weighted by molar-refractivity contribution is -0.133. The van der Waals surface area contributed by atoms with Crippen LogP contribution in [0.2, 0.25) is 5.02 Å². The van der Waals surface area contributed by atoms with Crippen LogP contribution in [0.25, 0.3) is 0 Å². The minimum absolute atomic E-state index is 0.0388. The minimum Gasteiger partial charge on any atom is -0.496 e. The number of rotatable bonds is 8. The monoisotopic (exact) mass is 461 g/mol. The van der Waals surface area contributed by atoms with Gasteiger partial charge in [-0.2, -0.15) is 11.8 Å². The molecule has 31 heavy (non-hydrogen) atoms. The minimum atomic E-state index is -0.567. The van der Waals surface area contributed by atoms with Gasteiger partial charge in [0.2, 0.25) is 5.91 Å². The third-order valence-corrected chi connectivity index (χ3v) is 6.21. The van der Waals surface area contributed by atoms with Gasteiger partial charge < -0.3 is 19.9 Å². The number of amides is 2. The van der Waals surface area contributed by atoms with Crippen LogP contribution in [-0.2, 0) is 4.79 Å². The first-order valence-corrected chi connectivity index (χ1v) is 12.0. The molecule has 6 nitrogen and oxygen atoms in total. The topological polar surface area (TPSA) is 61.9 Å². The number of para-hydroxylation sites is 1. The Morgan fingerprint density at radius 3 is 2.55 bits per heavy atom. The normalized spacial score (nSPS) is 14.8. The molecule has 0 spiro atoms. The zero-order chi connectivity index (χ0) is 22.2. The fraction of sp³-hybridized carbons (Fsp3) is 0.391. The predicted octanol–water partition coefficient (Wildman–Crippen LogP) is 3.55. The van der Waals surface area contributed by atoms with E-state index < -0.39 is 6.04 Å².